The molecule has 0 aliphatic carbocycles. The highest BCUT2D eigenvalue weighted by molar-refractivity contribution is 5.57. The smallest absolute Gasteiger partial charge is 0.119 e. The van der Waals surface area contributed by atoms with E-state index in [0.29, 0.717) is 5.57 Å². The summed E-state index contributed by atoms with van der Waals surface area (Å²) in [6, 6.07) is 18.4. The van der Waals surface area contributed by atoms with Gasteiger partial charge in [-0.25, -0.2) is 0 Å². The van der Waals surface area contributed by atoms with Crippen molar-refractivity contribution in [2.45, 2.75) is 12.5 Å². The Morgan fingerprint density at radius 1 is 1.23 bits per heavy atom. The van der Waals surface area contributed by atoms with Crippen molar-refractivity contribution < 1.29 is 4.74 Å². The van der Waals surface area contributed by atoms with Gasteiger partial charge in [-0.1, -0.05) is 30.8 Å². The molecule has 22 heavy (non-hydrogen) atoms. The Bertz CT molecular complexity index is 728. The number of rotatable bonds is 3. The molecule has 0 amide bonds. The highest BCUT2D eigenvalue weighted by Crippen LogP contribution is 2.37. The first-order chi connectivity index (χ1) is 10.7. The Hall–Kier alpha value is -2.73. The third-order valence-corrected chi connectivity index (χ3v) is 4.16. The average Bonchev–Trinajstić information content (AvgIpc) is 2.60. The van der Waals surface area contributed by atoms with E-state index in [9.17, 15) is 5.26 Å². The molecule has 0 N–H and O–H groups in total. The molecular weight excluding hydrogens is 272 g/mol. The van der Waals surface area contributed by atoms with Gasteiger partial charge in [-0.2, -0.15) is 5.26 Å². The lowest BCUT2D eigenvalue weighted by molar-refractivity contribution is 0.415. The second kappa shape index (κ2) is 5.95. The maximum absolute atomic E-state index is 9.36. The Labute approximate surface area is 131 Å². The molecule has 110 valence electrons. The predicted octanol–water partition coefficient (Wildman–Crippen LogP) is 3.88. The quantitative estimate of drug-likeness (QED) is 0.805. The molecule has 0 radical (unpaired) electrons. The molecule has 1 heterocycles. The molecular formula is C19H18N2O. The molecule has 0 saturated carbocycles. The lowest BCUT2D eigenvalue weighted by Gasteiger charge is -2.38. The summed E-state index contributed by atoms with van der Waals surface area (Å²) < 4.78 is 5.22. The van der Waals surface area contributed by atoms with E-state index in [0.717, 1.165) is 24.4 Å². The molecule has 0 saturated heterocycles. The van der Waals surface area contributed by atoms with Crippen molar-refractivity contribution in [1.82, 2.24) is 0 Å². The molecule has 3 rings (SSSR count). The third kappa shape index (κ3) is 2.44. The normalized spacial score (nSPS) is 16.5. The molecule has 1 aliphatic rings. The summed E-state index contributed by atoms with van der Waals surface area (Å²) in [6.07, 6.45) is 0.970. The van der Waals surface area contributed by atoms with Gasteiger partial charge in [0.25, 0.3) is 0 Å². The van der Waals surface area contributed by atoms with E-state index < -0.39 is 0 Å². The van der Waals surface area contributed by atoms with E-state index in [1.165, 1.54) is 11.1 Å². The molecule has 3 nitrogen and oxygen atoms in total. The molecule has 3 heteroatoms. The van der Waals surface area contributed by atoms with Gasteiger partial charge in [0.1, 0.15) is 5.75 Å². The summed E-state index contributed by atoms with van der Waals surface area (Å²) >= 11 is 0. The summed E-state index contributed by atoms with van der Waals surface area (Å²) in [6.45, 7) is 4.85. The molecule has 2 aromatic rings. The van der Waals surface area contributed by atoms with Gasteiger partial charge in [-0.05, 0) is 41.8 Å². The number of nitriles is 1. The van der Waals surface area contributed by atoms with Crippen LogP contribution in [-0.2, 0) is 6.42 Å². The van der Waals surface area contributed by atoms with Crippen LogP contribution in [0.2, 0.25) is 0 Å². The van der Waals surface area contributed by atoms with Gasteiger partial charge in [-0.15, -0.1) is 0 Å². The zero-order valence-electron chi connectivity index (χ0n) is 12.6. The van der Waals surface area contributed by atoms with Crippen LogP contribution in [0.3, 0.4) is 0 Å². The molecule has 1 atom stereocenters. The van der Waals surface area contributed by atoms with E-state index in [2.05, 4.69) is 29.7 Å². The first kappa shape index (κ1) is 14.2. The van der Waals surface area contributed by atoms with Gasteiger partial charge in [0.15, 0.2) is 0 Å². The minimum absolute atomic E-state index is 0.0941. The van der Waals surface area contributed by atoms with Crippen LogP contribution in [0.4, 0.5) is 5.69 Å². The van der Waals surface area contributed by atoms with Crippen molar-refractivity contribution >= 4 is 5.69 Å². The zero-order valence-corrected chi connectivity index (χ0v) is 12.6. The fourth-order valence-corrected chi connectivity index (χ4v) is 3.06. The lowest BCUT2D eigenvalue weighted by atomic mass is 9.88. The van der Waals surface area contributed by atoms with Crippen molar-refractivity contribution in [2.75, 3.05) is 18.6 Å². The number of fused-ring (bicyclic) bond motifs is 1. The number of methoxy groups -OCH3 is 1. The van der Waals surface area contributed by atoms with Crippen LogP contribution in [0.1, 0.15) is 17.2 Å². The Morgan fingerprint density at radius 2 is 1.95 bits per heavy atom. The van der Waals surface area contributed by atoms with E-state index >= 15 is 0 Å². The summed E-state index contributed by atoms with van der Waals surface area (Å²) in [4.78, 5) is 2.24. The molecule has 0 spiro atoms. The highest BCUT2D eigenvalue weighted by atomic mass is 16.5. The topological polar surface area (TPSA) is 36.3 Å². The number of ether oxygens (including phenoxy) is 1. The molecule has 0 fully saturated rings. The fraction of sp³-hybridized carbons (Fsp3) is 0.211. The summed E-state index contributed by atoms with van der Waals surface area (Å²) in [5.74, 6) is 0.830. The van der Waals surface area contributed by atoms with Crippen LogP contribution in [0.5, 0.6) is 5.75 Å². The second-order valence-electron chi connectivity index (χ2n) is 5.38. The van der Waals surface area contributed by atoms with Gasteiger partial charge in [0, 0.05) is 17.8 Å². The van der Waals surface area contributed by atoms with Crippen molar-refractivity contribution in [1.29, 1.82) is 5.26 Å². The maximum Gasteiger partial charge on any atom is 0.119 e. The van der Waals surface area contributed by atoms with Crippen molar-refractivity contribution in [3.8, 4) is 11.8 Å². The van der Waals surface area contributed by atoms with Crippen LogP contribution < -0.4 is 9.64 Å². The highest BCUT2D eigenvalue weighted by Gasteiger charge is 2.29. The molecule has 0 unspecified atom stereocenters. The second-order valence-corrected chi connectivity index (χ2v) is 5.38. The Morgan fingerprint density at radius 3 is 2.64 bits per heavy atom. The van der Waals surface area contributed by atoms with Gasteiger partial charge in [0.2, 0.25) is 0 Å². The van der Waals surface area contributed by atoms with Gasteiger partial charge in [-0.3, -0.25) is 0 Å². The minimum Gasteiger partial charge on any atom is -0.497 e. The average molecular weight is 290 g/mol. The van der Waals surface area contributed by atoms with Crippen LogP contribution in [0, 0.1) is 11.3 Å². The van der Waals surface area contributed by atoms with Gasteiger partial charge in [0.05, 0.1) is 19.2 Å². The summed E-state index contributed by atoms with van der Waals surface area (Å²) in [7, 11) is 1.66. The largest absolute Gasteiger partial charge is 0.497 e. The van der Waals surface area contributed by atoms with Gasteiger partial charge < -0.3 is 9.64 Å². The predicted molar refractivity (Wildman–Crippen MR) is 88.0 cm³/mol. The van der Waals surface area contributed by atoms with E-state index in [-0.39, 0.29) is 6.04 Å². The number of nitrogens with zero attached hydrogens (tertiary/aromatic N) is 2. The van der Waals surface area contributed by atoms with Crippen LogP contribution in [-0.4, -0.2) is 13.7 Å². The number of benzene rings is 2. The van der Waals surface area contributed by atoms with E-state index in [4.69, 9.17) is 4.74 Å². The molecule has 2 aromatic carbocycles. The van der Waals surface area contributed by atoms with Crippen LogP contribution in [0.15, 0.2) is 60.7 Å². The molecule has 0 bridgehead atoms. The Kier molecular flexibility index (Phi) is 3.84. The summed E-state index contributed by atoms with van der Waals surface area (Å²) in [5.41, 5.74) is 4.13. The monoisotopic (exact) mass is 290 g/mol. The first-order valence-corrected chi connectivity index (χ1v) is 7.32. The minimum atomic E-state index is -0.0941. The van der Waals surface area contributed by atoms with Crippen LogP contribution in [0.25, 0.3) is 0 Å². The van der Waals surface area contributed by atoms with Crippen LogP contribution >= 0.6 is 0 Å². The van der Waals surface area contributed by atoms with E-state index in [1.54, 1.807) is 7.11 Å². The third-order valence-electron chi connectivity index (χ3n) is 4.16. The maximum atomic E-state index is 9.36. The summed E-state index contributed by atoms with van der Waals surface area (Å²) in [5, 5.41) is 9.36. The molecule has 1 aliphatic heterocycles. The molecule has 0 aromatic heterocycles. The first-order valence-electron chi connectivity index (χ1n) is 7.32. The standard InChI is InChI=1S/C19H18N2O/c1-14(13-20)19-18-6-4-3-5-15(18)11-12-21(19)16-7-9-17(22-2)10-8-16/h3-10,19H,1,11-12H2,2H3/t19-/m0/s1. The number of anilines is 1. The lowest BCUT2D eigenvalue weighted by Crippen LogP contribution is -2.36. The SMILES string of the molecule is C=C(C#N)[C@H]1c2ccccc2CCN1c1ccc(OC)cc1. The Balaban J connectivity index is 2.03. The van der Waals surface area contributed by atoms with Crippen molar-refractivity contribution in [3.63, 3.8) is 0 Å². The van der Waals surface area contributed by atoms with Crippen molar-refractivity contribution in [2.24, 2.45) is 0 Å². The van der Waals surface area contributed by atoms with E-state index in [1.807, 2.05) is 36.4 Å². The number of hydrogen-bond acceptors (Lipinski definition) is 3. The zero-order chi connectivity index (χ0) is 15.5. The van der Waals surface area contributed by atoms with Gasteiger partial charge >= 0.3 is 0 Å². The van der Waals surface area contributed by atoms with Crippen molar-refractivity contribution in [3.05, 3.63) is 71.8 Å². The fourth-order valence-electron chi connectivity index (χ4n) is 3.06. The number of hydrogen-bond donors (Lipinski definition) is 0.